The molecular formula is C18H17N3O3S. The number of hydrogen-bond acceptors (Lipinski definition) is 5. The van der Waals surface area contributed by atoms with Crippen molar-refractivity contribution >= 4 is 27.5 Å². The summed E-state index contributed by atoms with van der Waals surface area (Å²) in [5.74, 6) is -0.326. The maximum absolute atomic E-state index is 12.9. The van der Waals surface area contributed by atoms with Crippen molar-refractivity contribution in [1.82, 2.24) is 15.0 Å². The molecule has 1 aliphatic rings. The molecule has 0 radical (unpaired) electrons. The molecule has 7 heteroatoms. The molecule has 0 fully saturated rings. The summed E-state index contributed by atoms with van der Waals surface area (Å²) < 4.78 is 1.36. The van der Waals surface area contributed by atoms with Crippen molar-refractivity contribution in [2.75, 3.05) is 0 Å². The SMILES string of the molecule is C[C@@H]1CCc2c(sc3nnn(Cc4ccc(C(=O)O)cc4)c(=O)c23)C1. The summed E-state index contributed by atoms with van der Waals surface area (Å²) in [6.45, 7) is 2.51. The van der Waals surface area contributed by atoms with Crippen LogP contribution in [0.1, 0.15) is 39.7 Å². The molecule has 1 aliphatic carbocycles. The van der Waals surface area contributed by atoms with Crippen molar-refractivity contribution in [2.45, 2.75) is 32.7 Å². The molecule has 4 rings (SSSR count). The predicted molar refractivity (Wildman–Crippen MR) is 95.4 cm³/mol. The number of rotatable bonds is 3. The summed E-state index contributed by atoms with van der Waals surface area (Å²) in [6, 6.07) is 6.46. The zero-order valence-electron chi connectivity index (χ0n) is 13.7. The fourth-order valence-corrected chi connectivity index (χ4v) is 4.64. The minimum absolute atomic E-state index is 0.112. The lowest BCUT2D eigenvalue weighted by atomic mass is 9.89. The van der Waals surface area contributed by atoms with Crippen molar-refractivity contribution in [3.05, 3.63) is 56.2 Å². The molecular weight excluding hydrogens is 338 g/mol. The van der Waals surface area contributed by atoms with E-state index in [-0.39, 0.29) is 17.7 Å². The Balaban J connectivity index is 1.72. The number of carboxylic acid groups (broad SMARTS) is 1. The number of nitrogens with zero attached hydrogens (tertiary/aromatic N) is 3. The molecule has 0 saturated carbocycles. The smallest absolute Gasteiger partial charge is 0.335 e. The fraction of sp³-hybridized carbons (Fsp3) is 0.333. The highest BCUT2D eigenvalue weighted by Gasteiger charge is 2.23. The number of thiophene rings is 1. The van der Waals surface area contributed by atoms with E-state index in [9.17, 15) is 9.59 Å². The fourth-order valence-electron chi connectivity index (χ4n) is 3.32. The average molecular weight is 355 g/mol. The van der Waals surface area contributed by atoms with Crippen LogP contribution in [0.5, 0.6) is 0 Å². The van der Waals surface area contributed by atoms with Gasteiger partial charge in [-0.15, -0.1) is 16.4 Å². The van der Waals surface area contributed by atoms with Gasteiger partial charge in [0.1, 0.15) is 0 Å². The summed E-state index contributed by atoms with van der Waals surface area (Å²) in [5, 5.41) is 18.0. The largest absolute Gasteiger partial charge is 0.478 e. The van der Waals surface area contributed by atoms with Crippen molar-refractivity contribution < 1.29 is 9.90 Å². The minimum Gasteiger partial charge on any atom is -0.478 e. The highest BCUT2D eigenvalue weighted by Crippen LogP contribution is 2.35. The number of aromatic nitrogens is 3. The van der Waals surface area contributed by atoms with Crippen molar-refractivity contribution in [3.63, 3.8) is 0 Å². The zero-order chi connectivity index (χ0) is 17.6. The Labute approximate surface area is 147 Å². The summed E-state index contributed by atoms with van der Waals surface area (Å²) in [4.78, 5) is 25.8. The zero-order valence-corrected chi connectivity index (χ0v) is 14.5. The number of hydrogen-bond donors (Lipinski definition) is 1. The van der Waals surface area contributed by atoms with Gasteiger partial charge in [0.15, 0.2) is 4.83 Å². The van der Waals surface area contributed by atoms with E-state index in [1.54, 1.807) is 23.5 Å². The van der Waals surface area contributed by atoms with E-state index >= 15 is 0 Å². The van der Waals surface area contributed by atoms with Crippen LogP contribution in [-0.4, -0.2) is 26.1 Å². The molecule has 0 aliphatic heterocycles. The van der Waals surface area contributed by atoms with Crippen LogP contribution in [0.25, 0.3) is 10.2 Å². The molecule has 0 spiro atoms. The second-order valence-corrected chi connectivity index (χ2v) is 7.67. The van der Waals surface area contributed by atoms with Gasteiger partial charge in [-0.1, -0.05) is 24.3 Å². The predicted octanol–water partition coefficient (Wildman–Crippen LogP) is 2.72. The summed E-state index contributed by atoms with van der Waals surface area (Å²) in [7, 11) is 0. The van der Waals surface area contributed by atoms with E-state index in [2.05, 4.69) is 17.2 Å². The van der Waals surface area contributed by atoms with Crippen LogP contribution >= 0.6 is 11.3 Å². The number of fused-ring (bicyclic) bond motifs is 3. The van der Waals surface area contributed by atoms with E-state index in [4.69, 9.17) is 5.11 Å². The Morgan fingerprint density at radius 3 is 2.84 bits per heavy atom. The number of carbonyl (C=O) groups is 1. The third kappa shape index (κ3) is 2.84. The topological polar surface area (TPSA) is 85.1 Å². The number of aromatic carboxylic acids is 1. The standard InChI is InChI=1S/C18H17N3O3S/c1-10-2-7-13-14(8-10)25-16-15(13)17(22)21(20-19-16)9-11-3-5-12(6-4-11)18(23)24/h3-6,10H,2,7-9H2,1H3,(H,23,24)/t10-/m1/s1. The normalized spacial score (nSPS) is 16.8. The second-order valence-electron chi connectivity index (χ2n) is 6.59. The number of aryl methyl sites for hydroxylation is 1. The van der Waals surface area contributed by atoms with Gasteiger partial charge >= 0.3 is 5.97 Å². The first-order valence-corrected chi connectivity index (χ1v) is 9.05. The minimum atomic E-state index is -0.968. The van der Waals surface area contributed by atoms with Gasteiger partial charge in [-0.25, -0.2) is 9.48 Å². The molecule has 0 bridgehead atoms. The third-order valence-corrected chi connectivity index (χ3v) is 5.86. The summed E-state index contributed by atoms with van der Waals surface area (Å²) in [6.07, 6.45) is 3.02. The first-order chi connectivity index (χ1) is 12.0. The van der Waals surface area contributed by atoms with Crippen LogP contribution in [0, 0.1) is 5.92 Å². The van der Waals surface area contributed by atoms with Crippen LogP contribution in [-0.2, 0) is 19.4 Å². The van der Waals surface area contributed by atoms with Crippen LogP contribution in [0.2, 0.25) is 0 Å². The van der Waals surface area contributed by atoms with Crippen molar-refractivity contribution in [1.29, 1.82) is 0 Å². The van der Waals surface area contributed by atoms with E-state index in [0.717, 1.165) is 35.2 Å². The van der Waals surface area contributed by atoms with Gasteiger partial charge in [0.25, 0.3) is 5.56 Å². The molecule has 1 atom stereocenters. The third-order valence-electron chi connectivity index (χ3n) is 4.72. The lowest BCUT2D eigenvalue weighted by Gasteiger charge is -2.17. The van der Waals surface area contributed by atoms with Gasteiger partial charge in [-0.2, -0.15) is 0 Å². The Kier molecular flexibility index (Phi) is 3.88. The van der Waals surface area contributed by atoms with Crippen LogP contribution in [0.4, 0.5) is 0 Å². The highest BCUT2D eigenvalue weighted by molar-refractivity contribution is 7.18. The molecule has 6 nitrogen and oxygen atoms in total. The number of carboxylic acids is 1. The van der Waals surface area contributed by atoms with E-state index in [1.807, 2.05) is 0 Å². The second kappa shape index (κ2) is 6.07. The lowest BCUT2D eigenvalue weighted by Crippen LogP contribution is -2.25. The highest BCUT2D eigenvalue weighted by atomic mass is 32.1. The molecule has 1 aromatic carbocycles. The molecule has 2 aromatic heterocycles. The van der Waals surface area contributed by atoms with E-state index in [1.165, 1.54) is 21.7 Å². The maximum atomic E-state index is 12.9. The van der Waals surface area contributed by atoms with Gasteiger partial charge in [0.05, 0.1) is 17.5 Å². The van der Waals surface area contributed by atoms with Gasteiger partial charge in [-0.3, -0.25) is 4.79 Å². The van der Waals surface area contributed by atoms with Crippen LogP contribution in [0.15, 0.2) is 29.1 Å². The maximum Gasteiger partial charge on any atom is 0.335 e. The van der Waals surface area contributed by atoms with Crippen molar-refractivity contribution in [2.24, 2.45) is 5.92 Å². The Morgan fingerprint density at radius 2 is 2.12 bits per heavy atom. The molecule has 25 heavy (non-hydrogen) atoms. The van der Waals surface area contributed by atoms with E-state index in [0.29, 0.717) is 11.3 Å². The first-order valence-electron chi connectivity index (χ1n) is 8.23. The van der Waals surface area contributed by atoms with Gasteiger partial charge < -0.3 is 5.11 Å². The molecule has 1 N–H and O–H groups in total. The lowest BCUT2D eigenvalue weighted by molar-refractivity contribution is 0.0697. The first kappa shape index (κ1) is 16.0. The van der Waals surface area contributed by atoms with Crippen LogP contribution in [0.3, 0.4) is 0 Å². The molecule has 0 unspecified atom stereocenters. The molecule has 2 heterocycles. The Bertz CT molecular complexity index is 1020. The number of benzene rings is 1. The van der Waals surface area contributed by atoms with Gasteiger partial charge in [0.2, 0.25) is 0 Å². The monoisotopic (exact) mass is 355 g/mol. The Hall–Kier alpha value is -2.54. The van der Waals surface area contributed by atoms with Gasteiger partial charge in [-0.05, 0) is 48.4 Å². The van der Waals surface area contributed by atoms with Crippen LogP contribution < -0.4 is 5.56 Å². The Morgan fingerprint density at radius 1 is 1.36 bits per heavy atom. The van der Waals surface area contributed by atoms with E-state index < -0.39 is 5.97 Å². The average Bonchev–Trinajstić information content (AvgIpc) is 2.96. The summed E-state index contributed by atoms with van der Waals surface area (Å²) in [5.41, 5.74) is 2.07. The summed E-state index contributed by atoms with van der Waals surface area (Å²) >= 11 is 1.59. The van der Waals surface area contributed by atoms with Crippen molar-refractivity contribution in [3.8, 4) is 0 Å². The molecule has 3 aromatic rings. The molecule has 128 valence electrons. The quantitative estimate of drug-likeness (QED) is 0.781. The van der Waals surface area contributed by atoms with Gasteiger partial charge in [0, 0.05) is 4.88 Å². The molecule has 0 amide bonds. The molecule has 0 saturated heterocycles.